The zero-order valence-corrected chi connectivity index (χ0v) is 14.3. The molecule has 2 aromatic rings. The van der Waals surface area contributed by atoms with Gasteiger partial charge in [-0.15, -0.1) is 0 Å². The zero-order valence-electron chi connectivity index (χ0n) is 14.3. The molecule has 0 bridgehead atoms. The van der Waals surface area contributed by atoms with Crippen molar-refractivity contribution in [1.82, 2.24) is 0 Å². The molecular weight excluding hydrogens is 377 g/mol. The standard InChI is InChI=1S/C19H17F7O/c1-2-3-4-5-12-6-8-13(9-7-12)19(25,26)27-14-10-15(20)17(16(21)11-14)18(22,23)24/h6-11H,2-5H2,1H3. The maximum atomic E-state index is 14.2. The molecule has 0 aromatic heterocycles. The van der Waals surface area contributed by atoms with Crippen molar-refractivity contribution in [2.24, 2.45) is 0 Å². The monoisotopic (exact) mass is 394 g/mol. The lowest BCUT2D eigenvalue weighted by molar-refractivity contribution is -0.185. The van der Waals surface area contributed by atoms with Crippen LogP contribution < -0.4 is 4.74 Å². The molecule has 2 aromatic carbocycles. The van der Waals surface area contributed by atoms with Gasteiger partial charge >= 0.3 is 12.3 Å². The first-order valence-electron chi connectivity index (χ1n) is 8.27. The molecule has 27 heavy (non-hydrogen) atoms. The lowest BCUT2D eigenvalue weighted by Gasteiger charge is -2.19. The summed E-state index contributed by atoms with van der Waals surface area (Å²) in [6, 6.07) is 5.35. The number of aryl methyl sites for hydroxylation is 1. The smallest absolute Gasteiger partial charge is 0.426 e. The highest BCUT2D eigenvalue weighted by Gasteiger charge is 2.40. The van der Waals surface area contributed by atoms with Crippen molar-refractivity contribution >= 4 is 0 Å². The fourth-order valence-electron chi connectivity index (χ4n) is 2.53. The van der Waals surface area contributed by atoms with Gasteiger partial charge < -0.3 is 4.74 Å². The van der Waals surface area contributed by atoms with Crippen molar-refractivity contribution in [2.45, 2.75) is 44.9 Å². The van der Waals surface area contributed by atoms with E-state index in [9.17, 15) is 30.7 Å². The Kier molecular flexibility index (Phi) is 6.38. The first kappa shape index (κ1) is 21.1. The normalized spacial score (nSPS) is 12.3. The Hall–Kier alpha value is -2.25. The van der Waals surface area contributed by atoms with Crippen molar-refractivity contribution in [2.75, 3.05) is 0 Å². The minimum atomic E-state index is -5.29. The van der Waals surface area contributed by atoms with Crippen LogP contribution in [0.2, 0.25) is 0 Å². The molecule has 0 saturated carbocycles. The summed E-state index contributed by atoms with van der Waals surface area (Å²) < 4.78 is 97.2. The van der Waals surface area contributed by atoms with E-state index in [1.807, 2.05) is 6.92 Å². The zero-order chi connectivity index (χ0) is 20.2. The van der Waals surface area contributed by atoms with E-state index >= 15 is 0 Å². The summed E-state index contributed by atoms with van der Waals surface area (Å²) in [4.78, 5) is 0. The second kappa shape index (κ2) is 8.19. The van der Waals surface area contributed by atoms with E-state index in [1.165, 1.54) is 12.1 Å². The summed E-state index contributed by atoms with van der Waals surface area (Å²) in [5.74, 6) is -5.10. The number of benzene rings is 2. The average molecular weight is 394 g/mol. The van der Waals surface area contributed by atoms with Crippen LogP contribution in [0.25, 0.3) is 0 Å². The molecule has 0 spiro atoms. The second-order valence-electron chi connectivity index (χ2n) is 6.03. The number of halogens is 7. The molecule has 0 aliphatic heterocycles. The lowest BCUT2D eigenvalue weighted by Crippen LogP contribution is -2.22. The molecule has 2 rings (SSSR count). The summed E-state index contributed by atoms with van der Waals surface area (Å²) >= 11 is 0. The molecule has 8 heteroatoms. The van der Waals surface area contributed by atoms with Crippen LogP contribution in [0.4, 0.5) is 30.7 Å². The minimum absolute atomic E-state index is 0.0823. The van der Waals surface area contributed by atoms with Crippen LogP contribution in [-0.2, 0) is 18.7 Å². The maximum absolute atomic E-state index is 14.2. The minimum Gasteiger partial charge on any atom is -0.429 e. The second-order valence-corrected chi connectivity index (χ2v) is 6.03. The molecule has 0 aliphatic carbocycles. The molecule has 0 heterocycles. The largest absolute Gasteiger partial charge is 0.429 e. The van der Waals surface area contributed by atoms with Crippen molar-refractivity contribution < 1.29 is 35.5 Å². The van der Waals surface area contributed by atoms with Crippen LogP contribution >= 0.6 is 0 Å². The SMILES string of the molecule is CCCCCc1ccc(C(F)(F)Oc2cc(F)c(C(F)(F)F)c(F)c2)cc1. The predicted molar refractivity (Wildman–Crippen MR) is 85.6 cm³/mol. The third kappa shape index (κ3) is 5.37. The summed E-state index contributed by atoms with van der Waals surface area (Å²) in [6.45, 7) is 2.04. The maximum Gasteiger partial charge on any atom is 0.426 e. The summed E-state index contributed by atoms with van der Waals surface area (Å²) in [5.41, 5.74) is -1.90. The first-order valence-corrected chi connectivity index (χ1v) is 8.27. The fraction of sp³-hybridized carbons (Fsp3) is 0.368. The van der Waals surface area contributed by atoms with Gasteiger partial charge in [-0.25, -0.2) is 8.78 Å². The lowest BCUT2D eigenvalue weighted by atomic mass is 10.1. The Morgan fingerprint density at radius 3 is 1.89 bits per heavy atom. The van der Waals surface area contributed by atoms with Crippen molar-refractivity contribution in [3.8, 4) is 5.75 Å². The molecule has 0 unspecified atom stereocenters. The predicted octanol–water partition coefficient (Wildman–Crippen LogP) is 6.84. The summed E-state index contributed by atoms with van der Waals surface area (Å²) in [5, 5.41) is 0. The molecule has 0 aliphatic rings. The quantitative estimate of drug-likeness (QED) is 0.369. The van der Waals surface area contributed by atoms with Crippen LogP contribution in [-0.4, -0.2) is 0 Å². The van der Waals surface area contributed by atoms with Crippen LogP contribution in [0, 0.1) is 11.6 Å². The van der Waals surface area contributed by atoms with Gasteiger partial charge in [0.2, 0.25) is 0 Å². The van der Waals surface area contributed by atoms with E-state index in [4.69, 9.17) is 0 Å². The van der Waals surface area contributed by atoms with Gasteiger partial charge in [-0.1, -0.05) is 31.9 Å². The first-order chi connectivity index (χ1) is 12.5. The van der Waals surface area contributed by atoms with Crippen LogP contribution in [0.1, 0.15) is 42.9 Å². The Morgan fingerprint density at radius 1 is 0.852 bits per heavy atom. The van der Waals surface area contributed by atoms with Gasteiger partial charge in [-0.2, -0.15) is 22.0 Å². The van der Waals surface area contributed by atoms with Gasteiger partial charge in [0.15, 0.2) is 0 Å². The van der Waals surface area contributed by atoms with Gasteiger partial charge in [0, 0.05) is 12.1 Å². The Bertz CT molecular complexity index is 744. The van der Waals surface area contributed by atoms with E-state index in [2.05, 4.69) is 4.74 Å². The average Bonchev–Trinajstić information content (AvgIpc) is 2.53. The topological polar surface area (TPSA) is 9.23 Å². The van der Waals surface area contributed by atoms with Crippen molar-refractivity contribution in [3.05, 3.63) is 64.7 Å². The van der Waals surface area contributed by atoms with Gasteiger partial charge in [0.1, 0.15) is 22.9 Å². The van der Waals surface area contributed by atoms with Gasteiger partial charge in [0.25, 0.3) is 0 Å². The number of alkyl halides is 5. The number of hydrogen-bond donors (Lipinski definition) is 0. The highest BCUT2D eigenvalue weighted by Crippen LogP contribution is 2.38. The molecule has 0 N–H and O–H groups in total. The Morgan fingerprint density at radius 2 is 1.41 bits per heavy atom. The van der Waals surface area contributed by atoms with E-state index in [0.717, 1.165) is 43.4 Å². The molecule has 0 atom stereocenters. The van der Waals surface area contributed by atoms with Gasteiger partial charge in [-0.05, 0) is 30.5 Å². The van der Waals surface area contributed by atoms with E-state index in [1.54, 1.807) is 0 Å². The van der Waals surface area contributed by atoms with Gasteiger partial charge in [0.05, 0.1) is 5.56 Å². The fourth-order valence-corrected chi connectivity index (χ4v) is 2.53. The van der Waals surface area contributed by atoms with Crippen molar-refractivity contribution in [1.29, 1.82) is 0 Å². The number of rotatable bonds is 7. The molecule has 0 radical (unpaired) electrons. The molecule has 0 amide bonds. The third-order valence-electron chi connectivity index (χ3n) is 3.90. The number of hydrogen-bond acceptors (Lipinski definition) is 1. The highest BCUT2D eigenvalue weighted by molar-refractivity contribution is 5.33. The molecule has 0 saturated heterocycles. The Balaban J connectivity index is 2.18. The highest BCUT2D eigenvalue weighted by atomic mass is 19.4. The molecule has 0 fully saturated rings. The molecular formula is C19H17F7O. The van der Waals surface area contributed by atoms with Crippen LogP contribution in [0.15, 0.2) is 36.4 Å². The Labute approximate surface area is 151 Å². The molecule has 1 nitrogen and oxygen atoms in total. The van der Waals surface area contributed by atoms with E-state index < -0.39 is 40.8 Å². The van der Waals surface area contributed by atoms with Crippen LogP contribution in [0.5, 0.6) is 5.75 Å². The third-order valence-corrected chi connectivity index (χ3v) is 3.90. The van der Waals surface area contributed by atoms with E-state index in [-0.39, 0.29) is 12.1 Å². The summed E-state index contributed by atoms with van der Waals surface area (Å²) in [7, 11) is 0. The number of unbranched alkanes of at least 4 members (excludes halogenated alkanes) is 2. The molecule has 148 valence electrons. The van der Waals surface area contributed by atoms with E-state index in [0.29, 0.717) is 0 Å². The summed E-state index contributed by atoms with van der Waals surface area (Å²) in [6.07, 6.45) is -5.61. The van der Waals surface area contributed by atoms with Crippen LogP contribution in [0.3, 0.4) is 0 Å². The van der Waals surface area contributed by atoms with Crippen molar-refractivity contribution in [3.63, 3.8) is 0 Å². The van der Waals surface area contributed by atoms with Gasteiger partial charge in [-0.3, -0.25) is 0 Å². The number of ether oxygens (including phenoxy) is 1.